The number of aromatic nitrogens is 2. The molecule has 0 saturated heterocycles. The Balaban J connectivity index is 1.72. The molecular formula is C24H19F5N4O3. The second-order valence-corrected chi connectivity index (χ2v) is 7.65. The highest BCUT2D eigenvalue weighted by Crippen LogP contribution is 2.37. The van der Waals surface area contributed by atoms with Crippen molar-refractivity contribution in [1.29, 1.82) is 0 Å². The van der Waals surface area contributed by atoms with Crippen LogP contribution in [-0.4, -0.2) is 29.5 Å². The summed E-state index contributed by atoms with van der Waals surface area (Å²) in [6, 6.07) is 7.92. The zero-order valence-corrected chi connectivity index (χ0v) is 18.7. The number of benzene rings is 2. The molecule has 0 unspecified atom stereocenters. The van der Waals surface area contributed by atoms with Gasteiger partial charge in [0.1, 0.15) is 34.4 Å². The van der Waals surface area contributed by atoms with Gasteiger partial charge in [0.05, 0.1) is 7.11 Å². The Kier molecular flexibility index (Phi) is 6.88. The fourth-order valence-corrected chi connectivity index (χ4v) is 3.57. The Morgan fingerprint density at radius 1 is 1.11 bits per heavy atom. The first-order valence-corrected chi connectivity index (χ1v) is 10.6. The van der Waals surface area contributed by atoms with Gasteiger partial charge in [-0.15, -0.1) is 0 Å². The molecule has 36 heavy (non-hydrogen) atoms. The maximum Gasteiger partial charge on any atom is 0.433 e. The Morgan fingerprint density at radius 3 is 2.56 bits per heavy atom. The van der Waals surface area contributed by atoms with Gasteiger partial charge in [-0.25, -0.2) is 18.7 Å². The van der Waals surface area contributed by atoms with E-state index < -0.39 is 29.4 Å². The number of methoxy groups -OCH3 is 1. The molecule has 2 heterocycles. The van der Waals surface area contributed by atoms with Crippen LogP contribution in [0, 0.1) is 11.6 Å². The number of nitrogens with one attached hydrogen (secondary N) is 1. The number of carbonyl (C=O) groups is 1. The van der Waals surface area contributed by atoms with Crippen molar-refractivity contribution in [2.75, 3.05) is 13.7 Å². The van der Waals surface area contributed by atoms with E-state index in [0.717, 1.165) is 12.1 Å². The number of hydrogen-bond acceptors (Lipinski definition) is 6. The maximum atomic E-state index is 13.9. The monoisotopic (exact) mass is 506 g/mol. The van der Waals surface area contributed by atoms with Crippen molar-refractivity contribution < 1.29 is 35.9 Å². The standard InChI is InChI=1S/C24H19F5N4O3/c1-35-17-6-4-15(14-5-7-19(24(27,28)29)32-20(14)17)23-33-21(18(36-23)8-9-30)22(34)31-11-12-2-3-13(25)10-16(12)26/h2-7,10H,8-9,11,30H2,1H3,(H,31,34). The number of hydrogen-bond donors (Lipinski definition) is 2. The Labute approximate surface area is 201 Å². The fraction of sp³-hybridized carbons (Fsp3) is 0.208. The first-order chi connectivity index (χ1) is 17.1. The van der Waals surface area contributed by atoms with Crippen LogP contribution in [0.1, 0.15) is 27.5 Å². The minimum absolute atomic E-state index is 0.0502. The molecule has 0 bridgehead atoms. The number of pyridine rings is 1. The lowest BCUT2D eigenvalue weighted by atomic mass is 10.1. The number of nitrogens with two attached hydrogens (primary N) is 1. The first kappa shape index (κ1) is 25.0. The van der Waals surface area contributed by atoms with Gasteiger partial charge in [0.15, 0.2) is 5.69 Å². The summed E-state index contributed by atoms with van der Waals surface area (Å²) >= 11 is 0. The number of halogens is 5. The molecule has 2 aromatic carbocycles. The number of nitrogens with zero attached hydrogens (tertiary/aromatic N) is 2. The lowest BCUT2D eigenvalue weighted by Gasteiger charge is -2.11. The summed E-state index contributed by atoms with van der Waals surface area (Å²) in [5.74, 6) is -2.09. The van der Waals surface area contributed by atoms with E-state index in [2.05, 4.69) is 15.3 Å². The minimum atomic E-state index is -4.66. The van der Waals surface area contributed by atoms with Gasteiger partial charge in [-0.1, -0.05) is 6.07 Å². The van der Waals surface area contributed by atoms with E-state index in [-0.39, 0.29) is 64.6 Å². The van der Waals surface area contributed by atoms with Gasteiger partial charge in [-0.2, -0.15) is 13.2 Å². The molecule has 0 spiro atoms. The van der Waals surface area contributed by atoms with Crippen molar-refractivity contribution in [3.05, 3.63) is 76.8 Å². The van der Waals surface area contributed by atoms with Gasteiger partial charge in [0.2, 0.25) is 5.89 Å². The van der Waals surface area contributed by atoms with Crippen molar-refractivity contribution in [2.45, 2.75) is 19.1 Å². The van der Waals surface area contributed by atoms with Crippen LogP contribution in [0.25, 0.3) is 22.4 Å². The van der Waals surface area contributed by atoms with Gasteiger partial charge in [-0.05, 0) is 36.9 Å². The average Bonchev–Trinajstić information content (AvgIpc) is 3.25. The Morgan fingerprint density at radius 2 is 1.89 bits per heavy atom. The van der Waals surface area contributed by atoms with Crippen LogP contribution < -0.4 is 15.8 Å². The fourth-order valence-electron chi connectivity index (χ4n) is 3.57. The number of amides is 1. The van der Waals surface area contributed by atoms with E-state index >= 15 is 0 Å². The second kappa shape index (κ2) is 9.90. The molecule has 188 valence electrons. The number of fused-ring (bicyclic) bond motifs is 1. The summed E-state index contributed by atoms with van der Waals surface area (Å²) in [5.41, 5.74) is 4.66. The molecule has 7 nitrogen and oxygen atoms in total. The van der Waals surface area contributed by atoms with Crippen LogP contribution in [0.2, 0.25) is 0 Å². The highest BCUT2D eigenvalue weighted by molar-refractivity contribution is 5.98. The number of carbonyl (C=O) groups excluding carboxylic acids is 1. The topological polar surface area (TPSA) is 103 Å². The largest absolute Gasteiger partial charge is 0.494 e. The summed E-state index contributed by atoms with van der Waals surface area (Å²) in [4.78, 5) is 20.8. The van der Waals surface area contributed by atoms with Crippen LogP contribution in [-0.2, 0) is 19.1 Å². The normalized spacial score (nSPS) is 11.6. The van der Waals surface area contributed by atoms with Crippen molar-refractivity contribution in [1.82, 2.24) is 15.3 Å². The van der Waals surface area contributed by atoms with Gasteiger partial charge >= 0.3 is 6.18 Å². The maximum absolute atomic E-state index is 13.9. The smallest absolute Gasteiger partial charge is 0.433 e. The summed E-state index contributed by atoms with van der Waals surface area (Å²) in [6.45, 7) is -0.133. The van der Waals surface area contributed by atoms with Crippen molar-refractivity contribution in [2.24, 2.45) is 5.73 Å². The molecule has 0 fully saturated rings. The molecule has 4 rings (SSSR count). The van der Waals surface area contributed by atoms with Crippen molar-refractivity contribution >= 4 is 16.8 Å². The molecule has 0 aliphatic carbocycles. The third kappa shape index (κ3) is 4.98. The molecule has 0 radical (unpaired) electrons. The number of rotatable bonds is 7. The molecule has 2 aromatic heterocycles. The van der Waals surface area contributed by atoms with E-state index in [4.69, 9.17) is 14.9 Å². The zero-order valence-electron chi connectivity index (χ0n) is 18.7. The lowest BCUT2D eigenvalue weighted by Crippen LogP contribution is -2.25. The molecule has 1 amide bonds. The molecular weight excluding hydrogens is 487 g/mol. The quantitative estimate of drug-likeness (QED) is 0.355. The Bertz CT molecular complexity index is 1440. The van der Waals surface area contributed by atoms with E-state index in [0.29, 0.717) is 6.07 Å². The van der Waals surface area contributed by atoms with Crippen molar-refractivity contribution in [3.63, 3.8) is 0 Å². The minimum Gasteiger partial charge on any atom is -0.494 e. The molecule has 0 atom stereocenters. The lowest BCUT2D eigenvalue weighted by molar-refractivity contribution is -0.140. The molecule has 0 saturated carbocycles. The summed E-state index contributed by atoms with van der Waals surface area (Å²) in [5, 5.41) is 2.75. The molecule has 0 aliphatic heterocycles. The summed E-state index contributed by atoms with van der Waals surface area (Å²) in [7, 11) is 1.30. The molecule has 3 N–H and O–H groups in total. The second-order valence-electron chi connectivity index (χ2n) is 7.65. The summed E-state index contributed by atoms with van der Waals surface area (Å²) in [6.07, 6.45) is -4.53. The molecule has 4 aromatic rings. The van der Waals surface area contributed by atoms with Crippen LogP contribution in [0.4, 0.5) is 22.0 Å². The van der Waals surface area contributed by atoms with E-state index in [1.165, 1.54) is 31.4 Å². The number of ether oxygens (including phenoxy) is 1. The average molecular weight is 506 g/mol. The SMILES string of the molecule is COc1ccc(-c2nc(C(=O)NCc3ccc(F)cc3F)c(CCN)o2)c2ccc(C(F)(F)F)nc12. The number of alkyl halides is 3. The van der Waals surface area contributed by atoms with Gasteiger partial charge < -0.3 is 20.2 Å². The zero-order chi connectivity index (χ0) is 26.0. The first-order valence-electron chi connectivity index (χ1n) is 10.6. The van der Waals surface area contributed by atoms with Crippen LogP contribution in [0.3, 0.4) is 0 Å². The van der Waals surface area contributed by atoms with Crippen LogP contribution >= 0.6 is 0 Å². The highest BCUT2D eigenvalue weighted by atomic mass is 19.4. The van der Waals surface area contributed by atoms with Crippen LogP contribution in [0.15, 0.2) is 46.9 Å². The van der Waals surface area contributed by atoms with Gasteiger partial charge in [0.25, 0.3) is 5.91 Å². The van der Waals surface area contributed by atoms with Gasteiger partial charge in [0, 0.05) is 35.5 Å². The summed E-state index contributed by atoms with van der Waals surface area (Å²) < 4.78 is 77.6. The van der Waals surface area contributed by atoms with Crippen molar-refractivity contribution in [3.8, 4) is 17.2 Å². The van der Waals surface area contributed by atoms with Gasteiger partial charge in [-0.3, -0.25) is 4.79 Å². The Hall–Kier alpha value is -4.06. The molecule has 0 aliphatic rings. The predicted octanol–water partition coefficient (Wildman–Crippen LogP) is 4.63. The third-order valence-corrected chi connectivity index (χ3v) is 5.30. The van der Waals surface area contributed by atoms with E-state index in [9.17, 15) is 26.7 Å². The highest BCUT2D eigenvalue weighted by Gasteiger charge is 2.33. The van der Waals surface area contributed by atoms with E-state index in [1.54, 1.807) is 0 Å². The molecule has 12 heteroatoms. The number of oxazole rings is 1. The predicted molar refractivity (Wildman–Crippen MR) is 119 cm³/mol. The van der Waals surface area contributed by atoms with Crippen LogP contribution in [0.5, 0.6) is 5.75 Å². The van der Waals surface area contributed by atoms with E-state index in [1.807, 2.05) is 0 Å². The third-order valence-electron chi connectivity index (χ3n) is 5.30.